The molecule has 5 aromatic rings. The Balaban J connectivity index is 1.33. The Morgan fingerprint density at radius 3 is 2.35 bits per heavy atom. The van der Waals surface area contributed by atoms with Gasteiger partial charge in [-0.1, -0.05) is 23.7 Å². The summed E-state index contributed by atoms with van der Waals surface area (Å²) in [6.45, 7) is 3.46. The van der Waals surface area contributed by atoms with Crippen molar-refractivity contribution in [2.75, 3.05) is 22.6 Å². The number of tetrazole rings is 1. The molecule has 0 spiro atoms. The Kier molecular flexibility index (Phi) is 10.9. The minimum Gasteiger partial charge on any atom is -0.477 e. The maximum atomic E-state index is 13.7. The first kappa shape index (κ1) is 36.0. The van der Waals surface area contributed by atoms with Crippen LogP contribution in [0.3, 0.4) is 0 Å². The van der Waals surface area contributed by atoms with Crippen LogP contribution in [0, 0.1) is 0 Å². The van der Waals surface area contributed by atoms with Crippen LogP contribution in [0.5, 0.6) is 0 Å². The summed E-state index contributed by atoms with van der Waals surface area (Å²) in [6.07, 6.45) is 1.58. The second kappa shape index (κ2) is 15.5. The summed E-state index contributed by atoms with van der Waals surface area (Å²) in [7, 11) is 0. The van der Waals surface area contributed by atoms with Gasteiger partial charge in [-0.3, -0.25) is 14.4 Å². The van der Waals surface area contributed by atoms with E-state index in [0.29, 0.717) is 39.9 Å². The van der Waals surface area contributed by atoms with Gasteiger partial charge in [0, 0.05) is 45.9 Å². The molecule has 8 N–H and O–H groups in total. The van der Waals surface area contributed by atoms with Crippen LogP contribution in [0.2, 0.25) is 5.02 Å². The summed E-state index contributed by atoms with van der Waals surface area (Å²) >= 11 is 6.13. The fourth-order valence-electron chi connectivity index (χ4n) is 5.02. The molecular weight excluding hydrogens is 684 g/mol. The third-order valence-electron chi connectivity index (χ3n) is 7.59. The number of hydrogen-bond acceptors (Lipinski definition) is 9. The number of H-pyrrole nitrogens is 1. The number of benzene rings is 3. The molecule has 0 aliphatic heterocycles. The molecule has 0 bridgehead atoms. The first-order chi connectivity index (χ1) is 24.3. The number of carbonyl (C=O) groups excluding carboxylic acids is 4. The van der Waals surface area contributed by atoms with E-state index in [4.69, 9.17) is 11.6 Å². The van der Waals surface area contributed by atoms with E-state index in [0.717, 1.165) is 0 Å². The Morgan fingerprint density at radius 2 is 1.67 bits per heavy atom. The second-order valence-electron chi connectivity index (χ2n) is 12.0. The number of fused-ring (bicyclic) bond motifs is 1. The second-order valence-corrected chi connectivity index (χ2v) is 12.4. The van der Waals surface area contributed by atoms with Crippen molar-refractivity contribution in [2.45, 2.75) is 38.3 Å². The van der Waals surface area contributed by atoms with Crippen molar-refractivity contribution in [1.82, 2.24) is 35.8 Å². The lowest BCUT2D eigenvalue weighted by Gasteiger charge is -2.25. The molecule has 5 amide bonds. The number of aromatic nitrogens is 5. The summed E-state index contributed by atoms with van der Waals surface area (Å²) in [5.74, 6) is -4.05. The number of nitrogens with zero attached hydrogens (tertiary/aromatic N) is 4. The molecule has 0 aliphatic carbocycles. The van der Waals surface area contributed by atoms with Crippen LogP contribution in [-0.2, 0) is 20.8 Å². The number of carbonyl (C=O) groups is 5. The molecule has 0 saturated heterocycles. The highest BCUT2D eigenvalue weighted by molar-refractivity contribution is 6.40. The average Bonchev–Trinajstić information content (AvgIpc) is 3.76. The number of carboxylic acid groups (broad SMARTS) is 1. The minimum atomic E-state index is -1.28. The van der Waals surface area contributed by atoms with E-state index < -0.39 is 41.3 Å². The Bertz CT molecular complexity index is 2080. The topological polar surface area (TPSA) is 245 Å². The maximum absolute atomic E-state index is 13.7. The van der Waals surface area contributed by atoms with Gasteiger partial charge >= 0.3 is 23.8 Å². The van der Waals surface area contributed by atoms with Gasteiger partial charge in [0.1, 0.15) is 18.1 Å². The smallest absolute Gasteiger partial charge is 0.352 e. The van der Waals surface area contributed by atoms with Gasteiger partial charge in [-0.2, -0.15) is 4.68 Å². The van der Waals surface area contributed by atoms with Crippen molar-refractivity contribution in [2.24, 2.45) is 0 Å². The number of amides is 5. The maximum Gasteiger partial charge on any atom is 0.352 e. The molecule has 0 radical (unpaired) electrons. The highest BCUT2D eigenvalue weighted by atomic mass is 35.5. The van der Waals surface area contributed by atoms with E-state index in [9.17, 15) is 34.2 Å². The lowest BCUT2D eigenvalue weighted by Crippen LogP contribution is -2.49. The molecule has 5 rings (SSSR count). The van der Waals surface area contributed by atoms with Gasteiger partial charge in [-0.15, -0.1) is 5.10 Å². The molecule has 264 valence electrons. The largest absolute Gasteiger partial charge is 0.477 e. The first-order valence-corrected chi connectivity index (χ1v) is 15.8. The van der Waals surface area contributed by atoms with Crippen molar-refractivity contribution >= 4 is 69.3 Å². The number of rotatable bonds is 12. The van der Waals surface area contributed by atoms with Gasteiger partial charge in [0.05, 0.1) is 11.4 Å². The zero-order valence-electron chi connectivity index (χ0n) is 27.2. The van der Waals surface area contributed by atoms with Gasteiger partial charge in [-0.25, -0.2) is 9.59 Å². The first-order valence-electron chi connectivity index (χ1n) is 15.4. The predicted octanol–water partition coefficient (Wildman–Crippen LogP) is 3.08. The van der Waals surface area contributed by atoms with E-state index in [1.54, 1.807) is 68.4 Å². The number of hydrogen-bond donors (Lipinski definition) is 8. The summed E-state index contributed by atoms with van der Waals surface area (Å²) < 4.78 is 1.26. The number of anilines is 3. The molecule has 51 heavy (non-hydrogen) atoms. The molecule has 2 heterocycles. The number of nitrogens with one attached hydrogen (secondary N) is 6. The molecule has 0 fully saturated rings. The van der Waals surface area contributed by atoms with Crippen molar-refractivity contribution in [3.05, 3.63) is 89.3 Å². The van der Waals surface area contributed by atoms with Gasteiger partial charge in [0.25, 0.3) is 0 Å². The summed E-state index contributed by atoms with van der Waals surface area (Å²) in [5, 5.41) is 43.4. The van der Waals surface area contributed by atoms with Gasteiger partial charge in [0.15, 0.2) is 0 Å². The molecule has 1 atom stereocenters. The monoisotopic (exact) mass is 716 g/mol. The number of aliphatic hydroxyl groups excluding tert-OH is 1. The zero-order valence-corrected chi connectivity index (χ0v) is 28.0. The van der Waals surface area contributed by atoms with Crippen LogP contribution in [0.15, 0.2) is 73.1 Å². The van der Waals surface area contributed by atoms with Crippen LogP contribution in [0.4, 0.5) is 21.9 Å². The van der Waals surface area contributed by atoms with E-state index in [1.165, 1.54) is 23.1 Å². The van der Waals surface area contributed by atoms with Gasteiger partial charge < -0.3 is 41.8 Å². The van der Waals surface area contributed by atoms with Gasteiger partial charge in [0.2, 0.25) is 5.91 Å². The van der Waals surface area contributed by atoms with Crippen molar-refractivity contribution in [3.8, 4) is 5.69 Å². The minimum absolute atomic E-state index is 0.0307. The van der Waals surface area contributed by atoms with E-state index >= 15 is 0 Å². The highest BCUT2D eigenvalue weighted by Crippen LogP contribution is 2.24. The number of aromatic carboxylic acids is 1. The summed E-state index contributed by atoms with van der Waals surface area (Å²) in [6, 6.07) is 15.4. The number of carboxylic acids is 1. The third-order valence-corrected chi connectivity index (χ3v) is 7.82. The molecule has 3 aromatic carbocycles. The van der Waals surface area contributed by atoms with Crippen LogP contribution < -0.4 is 26.6 Å². The summed E-state index contributed by atoms with van der Waals surface area (Å²) in [5.41, 5.74) is 1.65. The molecule has 17 nitrogen and oxygen atoms in total. The van der Waals surface area contributed by atoms with Crippen molar-refractivity contribution in [3.63, 3.8) is 0 Å². The quantitative estimate of drug-likeness (QED) is 0.0877. The number of urea groups is 1. The molecule has 0 aliphatic rings. The van der Waals surface area contributed by atoms with E-state index in [1.807, 2.05) is 0 Å². The van der Waals surface area contributed by atoms with E-state index in [-0.39, 0.29) is 29.4 Å². The highest BCUT2D eigenvalue weighted by Gasteiger charge is 2.26. The van der Waals surface area contributed by atoms with Crippen molar-refractivity contribution in [1.29, 1.82) is 0 Å². The Morgan fingerprint density at radius 1 is 0.922 bits per heavy atom. The standard InChI is InChI=1S/C33H33ClN10O7/c1-33(2,11-12-45)41-32(51)37-21-6-3-18(4-7-21)13-25(28(46)36-22-8-9-23-19(14-22)15-26(38-23)31(49)50)40-30(48)29(47)39-24-16-20(34)5-10-27(24)44-17-35-42-43-44/h3-10,14-17,25,38,45H,11-13H2,1-2H3,(H,36,46)(H,39,47)(H,40,48)(H,49,50)(H2,37,41,51). The van der Waals surface area contributed by atoms with Crippen molar-refractivity contribution < 1.29 is 34.2 Å². The molecule has 2 aromatic heterocycles. The zero-order chi connectivity index (χ0) is 36.7. The fraction of sp³-hybridized carbons (Fsp3) is 0.212. The normalized spacial score (nSPS) is 11.8. The Labute approximate surface area is 294 Å². The molecular formula is C33H33ClN10O7. The van der Waals surface area contributed by atoms with Crippen LogP contribution in [0.1, 0.15) is 36.3 Å². The molecule has 0 saturated carbocycles. The van der Waals surface area contributed by atoms with Crippen LogP contribution >= 0.6 is 11.6 Å². The molecule has 1 unspecified atom stereocenters. The van der Waals surface area contributed by atoms with E-state index in [2.05, 4.69) is 47.1 Å². The lowest BCUT2D eigenvalue weighted by atomic mass is 10.0. The average molecular weight is 717 g/mol. The SMILES string of the molecule is CC(C)(CCO)NC(=O)Nc1ccc(CC(NC(=O)C(=O)Nc2cc(Cl)ccc2-n2cnnn2)C(=O)Nc2ccc3[nH]c(C(=O)O)cc3c2)cc1. The van der Waals surface area contributed by atoms with Crippen LogP contribution in [0.25, 0.3) is 16.6 Å². The fourth-order valence-corrected chi connectivity index (χ4v) is 5.19. The predicted molar refractivity (Wildman–Crippen MR) is 187 cm³/mol. The number of halogens is 1. The lowest BCUT2D eigenvalue weighted by molar-refractivity contribution is -0.137. The summed E-state index contributed by atoms with van der Waals surface area (Å²) in [4.78, 5) is 66.7. The third kappa shape index (κ3) is 9.43. The Hall–Kier alpha value is -6.33. The number of aromatic amines is 1. The van der Waals surface area contributed by atoms with Crippen LogP contribution in [-0.4, -0.2) is 83.3 Å². The molecule has 18 heteroatoms. The number of aliphatic hydroxyl groups is 1. The van der Waals surface area contributed by atoms with Gasteiger partial charge in [-0.05, 0) is 90.9 Å².